The molecule has 0 aliphatic heterocycles. The summed E-state index contributed by atoms with van der Waals surface area (Å²) in [5.74, 6) is 0.274. The van der Waals surface area contributed by atoms with Crippen molar-refractivity contribution in [1.29, 1.82) is 0 Å². The third-order valence-corrected chi connectivity index (χ3v) is 3.37. The number of benzene rings is 1. The van der Waals surface area contributed by atoms with E-state index in [0.717, 1.165) is 12.0 Å². The molecule has 0 saturated carbocycles. The zero-order valence-corrected chi connectivity index (χ0v) is 13.7. The molecule has 1 aromatic carbocycles. The van der Waals surface area contributed by atoms with E-state index in [-0.39, 0.29) is 29.8 Å². The monoisotopic (exact) mass is 298 g/mol. The van der Waals surface area contributed by atoms with E-state index < -0.39 is 0 Å². The normalized spacial score (nSPS) is 14.1. The number of nitrogens with two attached hydrogens (primary N) is 1. The Labute approximate surface area is 128 Å². The van der Waals surface area contributed by atoms with Crippen LogP contribution in [0.4, 0.5) is 0 Å². The van der Waals surface area contributed by atoms with Gasteiger partial charge >= 0.3 is 0 Å². The van der Waals surface area contributed by atoms with Crippen LogP contribution in [-0.2, 0) is 4.79 Å². The minimum atomic E-state index is -0.383. The fourth-order valence-electron chi connectivity index (χ4n) is 2.06. The third-order valence-electron chi connectivity index (χ3n) is 3.37. The summed E-state index contributed by atoms with van der Waals surface area (Å²) in [5, 5.41) is 2.97. The molecule has 0 fully saturated rings. The number of halogens is 1. The first kappa shape index (κ1) is 18.9. The smallest absolute Gasteiger partial charge is 0.227 e. The predicted octanol–water partition coefficient (Wildman–Crippen LogP) is 3.09. The van der Waals surface area contributed by atoms with Crippen molar-refractivity contribution in [3.63, 3.8) is 0 Å². The van der Waals surface area contributed by atoms with Crippen LogP contribution in [0.1, 0.15) is 45.6 Å². The van der Waals surface area contributed by atoms with E-state index in [2.05, 4.69) is 19.2 Å². The molecule has 114 valence electrons. The summed E-state index contributed by atoms with van der Waals surface area (Å²) in [7, 11) is 0. The molecular weight excluding hydrogens is 272 g/mol. The molecule has 4 heteroatoms. The first-order valence-corrected chi connectivity index (χ1v) is 6.96. The molecule has 0 radical (unpaired) electrons. The zero-order valence-electron chi connectivity index (χ0n) is 12.8. The summed E-state index contributed by atoms with van der Waals surface area (Å²) in [6.45, 7) is 8.54. The number of amides is 1. The number of hydrogen-bond acceptors (Lipinski definition) is 2. The fourth-order valence-corrected chi connectivity index (χ4v) is 2.06. The molecule has 0 aliphatic carbocycles. The van der Waals surface area contributed by atoms with Crippen LogP contribution >= 0.6 is 12.4 Å². The summed E-state index contributed by atoms with van der Waals surface area (Å²) in [6.07, 6.45) is 0.971. The summed E-state index contributed by atoms with van der Waals surface area (Å²) in [5.41, 5.74) is 6.61. The van der Waals surface area contributed by atoms with Crippen molar-refractivity contribution in [2.24, 2.45) is 11.7 Å². The van der Waals surface area contributed by atoms with Crippen LogP contribution < -0.4 is 11.1 Å². The minimum Gasteiger partial charge on any atom is -0.354 e. The Kier molecular flexibility index (Phi) is 7.84. The van der Waals surface area contributed by atoms with E-state index in [4.69, 9.17) is 5.73 Å². The van der Waals surface area contributed by atoms with Gasteiger partial charge in [0.25, 0.3) is 0 Å². The van der Waals surface area contributed by atoms with Crippen molar-refractivity contribution >= 4 is 18.3 Å². The summed E-state index contributed by atoms with van der Waals surface area (Å²) in [4.78, 5) is 12.4. The minimum absolute atomic E-state index is 0. The standard InChI is InChI=1S/C16H26N2O.ClH/c1-5-12(2)14(13-9-7-6-8-10-13)15(19)18-11-16(3,4)17;/h6-10,12,14H,5,11,17H2,1-4H3,(H,18,19);1H. The number of carbonyl (C=O) groups is 1. The van der Waals surface area contributed by atoms with Crippen LogP contribution in [0.25, 0.3) is 0 Å². The Balaban J connectivity index is 0.00000361. The van der Waals surface area contributed by atoms with Gasteiger partial charge in [-0.3, -0.25) is 4.79 Å². The molecule has 0 aliphatic rings. The second-order valence-electron chi connectivity index (χ2n) is 5.98. The van der Waals surface area contributed by atoms with Gasteiger partial charge in [-0.2, -0.15) is 0 Å². The second kappa shape index (κ2) is 8.28. The van der Waals surface area contributed by atoms with Gasteiger partial charge in [-0.1, -0.05) is 50.6 Å². The molecule has 2 unspecified atom stereocenters. The lowest BCUT2D eigenvalue weighted by atomic mass is 9.84. The molecule has 1 aromatic rings. The SMILES string of the molecule is CCC(C)C(C(=O)NCC(C)(C)N)c1ccccc1.Cl. The third kappa shape index (κ3) is 5.93. The van der Waals surface area contributed by atoms with Crippen LogP contribution in [0.2, 0.25) is 0 Å². The van der Waals surface area contributed by atoms with Crippen molar-refractivity contribution < 1.29 is 4.79 Å². The number of carbonyl (C=O) groups excluding carboxylic acids is 1. The van der Waals surface area contributed by atoms with E-state index in [9.17, 15) is 4.79 Å². The highest BCUT2D eigenvalue weighted by Gasteiger charge is 2.26. The summed E-state index contributed by atoms with van der Waals surface area (Å²) in [6, 6.07) is 9.96. The maximum atomic E-state index is 12.4. The first-order chi connectivity index (χ1) is 8.85. The van der Waals surface area contributed by atoms with E-state index in [0.29, 0.717) is 12.5 Å². The lowest BCUT2D eigenvalue weighted by Crippen LogP contribution is -2.46. The highest BCUT2D eigenvalue weighted by Crippen LogP contribution is 2.27. The van der Waals surface area contributed by atoms with Crippen molar-refractivity contribution in [1.82, 2.24) is 5.32 Å². The Bertz CT molecular complexity index is 401. The van der Waals surface area contributed by atoms with Crippen molar-refractivity contribution in [3.8, 4) is 0 Å². The maximum absolute atomic E-state index is 12.4. The molecule has 0 heterocycles. The molecular formula is C16H27ClN2O. The van der Waals surface area contributed by atoms with Gasteiger partial charge in [0.05, 0.1) is 5.92 Å². The molecule has 0 spiro atoms. The Morgan fingerprint density at radius 3 is 2.30 bits per heavy atom. The molecule has 0 saturated heterocycles. The van der Waals surface area contributed by atoms with Crippen molar-refractivity contribution in [3.05, 3.63) is 35.9 Å². The van der Waals surface area contributed by atoms with E-state index in [1.165, 1.54) is 0 Å². The summed E-state index contributed by atoms with van der Waals surface area (Å²) < 4.78 is 0. The molecule has 3 N–H and O–H groups in total. The molecule has 1 rings (SSSR count). The number of nitrogens with one attached hydrogen (secondary N) is 1. The van der Waals surface area contributed by atoms with Crippen molar-refractivity contribution in [2.45, 2.75) is 45.6 Å². The largest absolute Gasteiger partial charge is 0.354 e. The Morgan fingerprint density at radius 2 is 1.85 bits per heavy atom. The Hall–Kier alpha value is -1.06. The summed E-state index contributed by atoms with van der Waals surface area (Å²) >= 11 is 0. The average Bonchev–Trinajstić information content (AvgIpc) is 2.37. The van der Waals surface area contributed by atoms with Gasteiger partial charge in [-0.25, -0.2) is 0 Å². The van der Waals surface area contributed by atoms with Crippen LogP contribution in [0.3, 0.4) is 0 Å². The van der Waals surface area contributed by atoms with E-state index >= 15 is 0 Å². The lowest BCUT2D eigenvalue weighted by Gasteiger charge is -2.25. The second-order valence-corrected chi connectivity index (χ2v) is 5.98. The molecule has 20 heavy (non-hydrogen) atoms. The van der Waals surface area contributed by atoms with Crippen LogP contribution in [0.5, 0.6) is 0 Å². The van der Waals surface area contributed by atoms with Gasteiger partial charge in [0.2, 0.25) is 5.91 Å². The first-order valence-electron chi connectivity index (χ1n) is 6.96. The fraction of sp³-hybridized carbons (Fsp3) is 0.562. The topological polar surface area (TPSA) is 55.1 Å². The van der Waals surface area contributed by atoms with Gasteiger partial charge < -0.3 is 11.1 Å². The molecule has 1 amide bonds. The van der Waals surface area contributed by atoms with Gasteiger partial charge in [0.1, 0.15) is 0 Å². The molecule has 0 bridgehead atoms. The van der Waals surface area contributed by atoms with Gasteiger partial charge in [0.15, 0.2) is 0 Å². The van der Waals surface area contributed by atoms with Crippen LogP contribution in [0, 0.1) is 5.92 Å². The van der Waals surface area contributed by atoms with Crippen LogP contribution in [0.15, 0.2) is 30.3 Å². The van der Waals surface area contributed by atoms with Crippen LogP contribution in [-0.4, -0.2) is 18.0 Å². The van der Waals surface area contributed by atoms with E-state index in [1.54, 1.807) is 0 Å². The van der Waals surface area contributed by atoms with Crippen molar-refractivity contribution in [2.75, 3.05) is 6.54 Å². The maximum Gasteiger partial charge on any atom is 0.227 e. The number of hydrogen-bond donors (Lipinski definition) is 2. The quantitative estimate of drug-likeness (QED) is 0.848. The van der Waals surface area contributed by atoms with Gasteiger partial charge in [-0.15, -0.1) is 12.4 Å². The highest BCUT2D eigenvalue weighted by molar-refractivity contribution is 5.85. The van der Waals surface area contributed by atoms with E-state index in [1.807, 2.05) is 44.2 Å². The Morgan fingerprint density at radius 1 is 1.30 bits per heavy atom. The van der Waals surface area contributed by atoms with Gasteiger partial charge in [0, 0.05) is 12.1 Å². The highest BCUT2D eigenvalue weighted by atomic mass is 35.5. The predicted molar refractivity (Wildman–Crippen MR) is 87.2 cm³/mol. The lowest BCUT2D eigenvalue weighted by molar-refractivity contribution is -0.123. The average molecular weight is 299 g/mol. The molecule has 3 nitrogen and oxygen atoms in total. The number of rotatable bonds is 6. The van der Waals surface area contributed by atoms with Gasteiger partial charge in [-0.05, 0) is 25.3 Å². The zero-order chi connectivity index (χ0) is 14.5. The molecule has 2 atom stereocenters. The molecule has 0 aromatic heterocycles.